The van der Waals surface area contributed by atoms with E-state index in [1.165, 1.54) is 12.1 Å². The van der Waals surface area contributed by atoms with Gasteiger partial charge in [-0.25, -0.2) is 0 Å². The van der Waals surface area contributed by atoms with Crippen LogP contribution >= 0.6 is 0 Å². The number of amides is 1. The number of carbonyl (C=O) groups is 1. The van der Waals surface area contributed by atoms with Crippen LogP contribution in [-0.2, 0) is 6.18 Å². The van der Waals surface area contributed by atoms with Crippen molar-refractivity contribution in [2.45, 2.75) is 13.1 Å². The third-order valence-electron chi connectivity index (χ3n) is 2.03. The zero-order chi connectivity index (χ0) is 13.1. The highest BCUT2D eigenvalue weighted by Gasteiger charge is 2.34. The summed E-state index contributed by atoms with van der Waals surface area (Å²) >= 11 is 0. The maximum atomic E-state index is 12.6. The van der Waals surface area contributed by atoms with Gasteiger partial charge < -0.3 is 5.32 Å². The van der Waals surface area contributed by atoms with Crippen molar-refractivity contribution in [3.63, 3.8) is 0 Å². The third kappa shape index (κ3) is 3.62. The molecule has 0 aliphatic heterocycles. The van der Waals surface area contributed by atoms with Gasteiger partial charge in [0, 0.05) is 6.54 Å². The Morgan fingerprint density at radius 3 is 2.47 bits per heavy atom. The van der Waals surface area contributed by atoms with E-state index in [9.17, 15) is 18.0 Å². The van der Waals surface area contributed by atoms with Crippen molar-refractivity contribution in [3.05, 3.63) is 47.5 Å². The maximum Gasteiger partial charge on any atom is 0.417 e. The molecule has 0 spiro atoms. The van der Waals surface area contributed by atoms with Gasteiger partial charge >= 0.3 is 6.18 Å². The van der Waals surface area contributed by atoms with Crippen LogP contribution in [0.3, 0.4) is 0 Å². The standard InChI is InChI=1S/C12H12F3NO/c1-8(2)7-16-11(17)9-5-3-4-6-10(9)12(13,14)15/h3-6H,1,7H2,2H3,(H,16,17). The molecule has 1 aromatic rings. The molecule has 17 heavy (non-hydrogen) atoms. The maximum absolute atomic E-state index is 12.6. The Morgan fingerprint density at radius 2 is 1.94 bits per heavy atom. The Balaban J connectivity index is 2.98. The van der Waals surface area contributed by atoms with Gasteiger partial charge in [0.25, 0.3) is 5.91 Å². The van der Waals surface area contributed by atoms with Gasteiger partial charge in [-0.1, -0.05) is 24.3 Å². The van der Waals surface area contributed by atoms with Crippen LogP contribution in [0.5, 0.6) is 0 Å². The molecule has 1 rings (SSSR count). The number of halogens is 3. The molecule has 5 heteroatoms. The molecule has 1 amide bonds. The first kappa shape index (κ1) is 13.3. The van der Waals surface area contributed by atoms with Gasteiger partial charge in [-0.05, 0) is 19.1 Å². The normalized spacial score (nSPS) is 11.1. The van der Waals surface area contributed by atoms with Crippen LogP contribution in [0.2, 0.25) is 0 Å². The van der Waals surface area contributed by atoms with Crippen LogP contribution in [0.4, 0.5) is 13.2 Å². The Bertz CT molecular complexity index is 438. The Morgan fingerprint density at radius 1 is 1.35 bits per heavy atom. The lowest BCUT2D eigenvalue weighted by Gasteiger charge is -2.12. The third-order valence-corrected chi connectivity index (χ3v) is 2.03. The Kier molecular flexibility index (Phi) is 3.93. The number of hydrogen-bond acceptors (Lipinski definition) is 1. The summed E-state index contributed by atoms with van der Waals surface area (Å²) < 4.78 is 37.8. The molecule has 1 N–H and O–H groups in total. The summed E-state index contributed by atoms with van der Waals surface area (Å²) in [5, 5.41) is 2.37. The van der Waals surface area contributed by atoms with E-state index in [4.69, 9.17) is 0 Å². The second-order valence-corrected chi connectivity index (χ2v) is 3.68. The first-order chi connectivity index (χ1) is 7.82. The number of benzene rings is 1. The van der Waals surface area contributed by atoms with E-state index in [0.29, 0.717) is 5.57 Å². The molecule has 0 bridgehead atoms. The lowest BCUT2D eigenvalue weighted by atomic mass is 10.1. The van der Waals surface area contributed by atoms with Crippen molar-refractivity contribution in [1.82, 2.24) is 5.32 Å². The highest BCUT2D eigenvalue weighted by Crippen LogP contribution is 2.31. The number of rotatable bonds is 3. The Hall–Kier alpha value is -1.78. The van der Waals surface area contributed by atoms with E-state index < -0.39 is 17.6 Å². The minimum absolute atomic E-state index is 0.158. The van der Waals surface area contributed by atoms with Crippen LogP contribution in [-0.4, -0.2) is 12.5 Å². The number of carbonyl (C=O) groups excluding carboxylic acids is 1. The predicted octanol–water partition coefficient (Wildman–Crippen LogP) is 3.01. The zero-order valence-electron chi connectivity index (χ0n) is 9.27. The van der Waals surface area contributed by atoms with Gasteiger partial charge in [-0.15, -0.1) is 0 Å². The highest BCUT2D eigenvalue weighted by atomic mass is 19.4. The molecule has 0 radical (unpaired) electrons. The molecule has 2 nitrogen and oxygen atoms in total. The number of alkyl halides is 3. The second kappa shape index (κ2) is 5.03. The van der Waals surface area contributed by atoms with Gasteiger partial charge in [0.2, 0.25) is 0 Å². The van der Waals surface area contributed by atoms with E-state index in [0.717, 1.165) is 12.1 Å². The van der Waals surface area contributed by atoms with Crippen molar-refractivity contribution in [2.75, 3.05) is 6.54 Å². The summed E-state index contributed by atoms with van der Waals surface area (Å²) in [5.41, 5.74) is -0.636. The van der Waals surface area contributed by atoms with Gasteiger partial charge in [0.1, 0.15) is 0 Å². The summed E-state index contributed by atoms with van der Waals surface area (Å²) in [6, 6.07) is 4.68. The predicted molar refractivity (Wildman–Crippen MR) is 58.6 cm³/mol. The van der Waals surface area contributed by atoms with E-state index in [-0.39, 0.29) is 12.1 Å². The summed E-state index contributed by atoms with van der Waals surface area (Å²) in [5.74, 6) is -0.749. The van der Waals surface area contributed by atoms with E-state index in [1.54, 1.807) is 6.92 Å². The van der Waals surface area contributed by atoms with Crippen molar-refractivity contribution < 1.29 is 18.0 Å². The average Bonchev–Trinajstić information content (AvgIpc) is 2.24. The highest BCUT2D eigenvalue weighted by molar-refractivity contribution is 5.96. The first-order valence-electron chi connectivity index (χ1n) is 4.91. The molecule has 0 atom stereocenters. The van der Waals surface area contributed by atoms with Crippen LogP contribution < -0.4 is 5.32 Å². The first-order valence-corrected chi connectivity index (χ1v) is 4.91. The quantitative estimate of drug-likeness (QED) is 0.812. The van der Waals surface area contributed by atoms with Crippen molar-refractivity contribution >= 4 is 5.91 Å². The van der Waals surface area contributed by atoms with Crippen LogP contribution in [0.15, 0.2) is 36.4 Å². The number of hydrogen-bond donors (Lipinski definition) is 1. The van der Waals surface area contributed by atoms with Crippen molar-refractivity contribution in [2.24, 2.45) is 0 Å². The fraction of sp³-hybridized carbons (Fsp3) is 0.250. The zero-order valence-corrected chi connectivity index (χ0v) is 9.27. The molecular weight excluding hydrogens is 231 g/mol. The average molecular weight is 243 g/mol. The molecule has 0 heterocycles. The number of nitrogens with one attached hydrogen (secondary N) is 1. The van der Waals surface area contributed by atoms with E-state index >= 15 is 0 Å². The van der Waals surface area contributed by atoms with Gasteiger partial charge in [-0.3, -0.25) is 4.79 Å². The van der Waals surface area contributed by atoms with Crippen molar-refractivity contribution in [3.8, 4) is 0 Å². The van der Waals surface area contributed by atoms with Gasteiger partial charge in [-0.2, -0.15) is 13.2 Å². The molecule has 0 aromatic heterocycles. The summed E-state index contributed by atoms with van der Waals surface area (Å²) in [6.45, 7) is 5.39. The molecule has 0 saturated carbocycles. The molecule has 1 aromatic carbocycles. The van der Waals surface area contributed by atoms with Crippen molar-refractivity contribution in [1.29, 1.82) is 0 Å². The molecular formula is C12H12F3NO. The minimum Gasteiger partial charge on any atom is -0.348 e. The molecule has 0 fully saturated rings. The summed E-state index contributed by atoms with van der Waals surface area (Å²) in [4.78, 5) is 11.6. The molecule has 0 aliphatic rings. The smallest absolute Gasteiger partial charge is 0.348 e. The van der Waals surface area contributed by atoms with Gasteiger partial charge in [0.05, 0.1) is 11.1 Å². The van der Waals surface area contributed by atoms with E-state index in [2.05, 4.69) is 11.9 Å². The van der Waals surface area contributed by atoms with Crippen LogP contribution in [0.1, 0.15) is 22.8 Å². The van der Waals surface area contributed by atoms with Crippen LogP contribution in [0, 0.1) is 0 Å². The summed E-state index contributed by atoms with van der Waals surface area (Å²) in [7, 11) is 0. The minimum atomic E-state index is -4.53. The summed E-state index contributed by atoms with van der Waals surface area (Å²) in [6.07, 6.45) is -4.53. The largest absolute Gasteiger partial charge is 0.417 e. The molecule has 0 unspecified atom stereocenters. The second-order valence-electron chi connectivity index (χ2n) is 3.68. The Labute approximate surface area is 97.1 Å². The molecule has 92 valence electrons. The molecule has 0 aliphatic carbocycles. The monoisotopic (exact) mass is 243 g/mol. The topological polar surface area (TPSA) is 29.1 Å². The fourth-order valence-electron chi connectivity index (χ4n) is 1.25. The molecule has 0 saturated heterocycles. The fourth-order valence-corrected chi connectivity index (χ4v) is 1.25. The lowest BCUT2D eigenvalue weighted by Crippen LogP contribution is -2.27. The van der Waals surface area contributed by atoms with Gasteiger partial charge in [0.15, 0.2) is 0 Å². The lowest BCUT2D eigenvalue weighted by molar-refractivity contribution is -0.137. The SMILES string of the molecule is C=C(C)CNC(=O)c1ccccc1C(F)(F)F. The van der Waals surface area contributed by atoms with E-state index in [1.807, 2.05) is 0 Å². The van der Waals surface area contributed by atoms with Crippen LogP contribution in [0.25, 0.3) is 0 Å².